The molecule has 0 unspecified atom stereocenters. The molecular formula is C15H17BF2O4. The molecule has 4 nitrogen and oxygen atoms in total. The van der Waals surface area contributed by atoms with Crippen molar-refractivity contribution < 1.29 is 27.6 Å². The third-order valence-electron chi connectivity index (χ3n) is 4.14. The SMILES string of the molecule is CC1(C)OB(C=Cc2ccc3c(c2)OC(F)(F)O3)OC1(C)C. The zero-order chi connectivity index (χ0) is 16.2. The van der Waals surface area contributed by atoms with E-state index in [1.807, 2.05) is 27.7 Å². The maximum atomic E-state index is 13.0. The second kappa shape index (κ2) is 4.70. The molecule has 1 saturated heterocycles. The molecule has 7 heteroatoms. The fourth-order valence-corrected chi connectivity index (χ4v) is 2.23. The molecule has 1 fully saturated rings. The van der Waals surface area contributed by atoms with Crippen LogP contribution in [0.4, 0.5) is 8.78 Å². The number of ether oxygens (including phenoxy) is 2. The largest absolute Gasteiger partial charge is 0.586 e. The minimum absolute atomic E-state index is 0.0149. The number of alkyl halides is 2. The van der Waals surface area contributed by atoms with E-state index in [2.05, 4.69) is 9.47 Å². The first-order valence-electron chi connectivity index (χ1n) is 7.02. The summed E-state index contributed by atoms with van der Waals surface area (Å²) >= 11 is 0. The molecule has 1 aromatic rings. The fourth-order valence-electron chi connectivity index (χ4n) is 2.23. The number of hydrogen-bond acceptors (Lipinski definition) is 4. The molecule has 2 aliphatic heterocycles. The second-order valence-electron chi connectivity index (χ2n) is 6.36. The van der Waals surface area contributed by atoms with Gasteiger partial charge in [-0.15, -0.1) is 8.78 Å². The van der Waals surface area contributed by atoms with Gasteiger partial charge in [0, 0.05) is 0 Å². The molecular weight excluding hydrogens is 293 g/mol. The Morgan fingerprint density at radius 2 is 1.55 bits per heavy atom. The van der Waals surface area contributed by atoms with Gasteiger partial charge in [-0.2, -0.15) is 0 Å². The molecule has 118 valence electrons. The van der Waals surface area contributed by atoms with Crippen LogP contribution < -0.4 is 9.47 Å². The van der Waals surface area contributed by atoms with Crippen molar-refractivity contribution >= 4 is 13.2 Å². The lowest BCUT2D eigenvalue weighted by atomic mass is 9.89. The summed E-state index contributed by atoms with van der Waals surface area (Å²) < 4.78 is 46.4. The van der Waals surface area contributed by atoms with E-state index in [9.17, 15) is 8.78 Å². The topological polar surface area (TPSA) is 36.9 Å². The van der Waals surface area contributed by atoms with E-state index in [-0.39, 0.29) is 11.5 Å². The Labute approximate surface area is 128 Å². The first-order chi connectivity index (χ1) is 10.1. The van der Waals surface area contributed by atoms with Gasteiger partial charge in [-0.3, -0.25) is 0 Å². The zero-order valence-corrected chi connectivity index (χ0v) is 12.9. The summed E-state index contributed by atoms with van der Waals surface area (Å²) in [4.78, 5) is 0. The molecule has 2 aliphatic rings. The van der Waals surface area contributed by atoms with Crippen molar-refractivity contribution in [3.63, 3.8) is 0 Å². The van der Waals surface area contributed by atoms with Gasteiger partial charge in [-0.1, -0.05) is 18.1 Å². The monoisotopic (exact) mass is 310 g/mol. The quantitative estimate of drug-likeness (QED) is 0.781. The molecule has 0 bridgehead atoms. The Morgan fingerprint density at radius 3 is 2.18 bits per heavy atom. The first kappa shape index (κ1) is 15.3. The van der Waals surface area contributed by atoms with E-state index in [4.69, 9.17) is 9.31 Å². The van der Waals surface area contributed by atoms with Crippen molar-refractivity contribution in [3.05, 3.63) is 29.7 Å². The van der Waals surface area contributed by atoms with Gasteiger partial charge in [-0.25, -0.2) is 0 Å². The fraction of sp³-hybridized carbons (Fsp3) is 0.467. The van der Waals surface area contributed by atoms with Gasteiger partial charge in [0.05, 0.1) is 11.2 Å². The van der Waals surface area contributed by atoms with Crippen molar-refractivity contribution in [2.45, 2.75) is 45.2 Å². The molecule has 0 aromatic heterocycles. The van der Waals surface area contributed by atoms with Crippen LogP contribution in [-0.4, -0.2) is 24.6 Å². The van der Waals surface area contributed by atoms with Crippen LogP contribution in [0.5, 0.6) is 11.5 Å². The molecule has 0 N–H and O–H groups in total. The Balaban J connectivity index is 1.73. The predicted octanol–water partition coefficient (Wildman–Crippen LogP) is 3.65. The third kappa shape index (κ3) is 2.70. The maximum Gasteiger partial charge on any atom is 0.586 e. The lowest BCUT2D eigenvalue weighted by Gasteiger charge is -2.32. The van der Waals surface area contributed by atoms with Crippen LogP contribution in [0.2, 0.25) is 0 Å². The van der Waals surface area contributed by atoms with Crippen molar-refractivity contribution in [1.29, 1.82) is 0 Å². The zero-order valence-electron chi connectivity index (χ0n) is 12.9. The van der Waals surface area contributed by atoms with Gasteiger partial charge >= 0.3 is 13.4 Å². The Morgan fingerprint density at radius 1 is 0.955 bits per heavy atom. The highest BCUT2D eigenvalue weighted by Crippen LogP contribution is 2.41. The van der Waals surface area contributed by atoms with Crippen LogP contribution in [0.3, 0.4) is 0 Å². The first-order valence-corrected chi connectivity index (χ1v) is 7.02. The number of rotatable bonds is 2. The summed E-state index contributed by atoms with van der Waals surface area (Å²) in [5, 5.41) is 0. The van der Waals surface area contributed by atoms with Crippen LogP contribution in [0, 0.1) is 0 Å². The van der Waals surface area contributed by atoms with Crippen LogP contribution in [0.1, 0.15) is 33.3 Å². The van der Waals surface area contributed by atoms with Crippen LogP contribution >= 0.6 is 0 Å². The second-order valence-corrected chi connectivity index (χ2v) is 6.36. The van der Waals surface area contributed by atoms with Gasteiger partial charge in [-0.05, 0) is 45.4 Å². The summed E-state index contributed by atoms with van der Waals surface area (Å²) in [7, 11) is -0.489. The Bertz CT molecular complexity index is 612. The molecule has 22 heavy (non-hydrogen) atoms. The van der Waals surface area contributed by atoms with Crippen LogP contribution in [0.25, 0.3) is 6.08 Å². The van der Waals surface area contributed by atoms with Gasteiger partial charge in [0.2, 0.25) is 0 Å². The van der Waals surface area contributed by atoms with Crippen LogP contribution in [0.15, 0.2) is 24.2 Å². The molecule has 0 radical (unpaired) electrons. The Kier molecular flexibility index (Phi) is 3.27. The number of fused-ring (bicyclic) bond motifs is 1. The highest BCUT2D eigenvalue weighted by Gasteiger charge is 2.50. The van der Waals surface area contributed by atoms with Crippen molar-refractivity contribution in [1.82, 2.24) is 0 Å². The molecule has 0 saturated carbocycles. The van der Waals surface area contributed by atoms with Gasteiger partial charge in [0.1, 0.15) is 0 Å². The minimum atomic E-state index is -3.60. The van der Waals surface area contributed by atoms with Gasteiger partial charge in [0.15, 0.2) is 11.5 Å². The lowest BCUT2D eigenvalue weighted by molar-refractivity contribution is -0.286. The smallest absolute Gasteiger partial charge is 0.400 e. The average Bonchev–Trinajstić information content (AvgIpc) is 2.77. The summed E-state index contributed by atoms with van der Waals surface area (Å²) in [6, 6.07) is 4.59. The molecule has 0 aliphatic carbocycles. The van der Waals surface area contributed by atoms with Crippen LogP contribution in [-0.2, 0) is 9.31 Å². The van der Waals surface area contributed by atoms with Crippen molar-refractivity contribution in [2.24, 2.45) is 0 Å². The standard InChI is InChI=1S/C15H17BF2O4/c1-13(2)14(3,4)22-16(21-13)8-7-10-5-6-11-12(9-10)20-15(17,18)19-11/h5-9H,1-4H3. The number of benzene rings is 1. The van der Waals surface area contributed by atoms with Crippen molar-refractivity contribution in [2.75, 3.05) is 0 Å². The summed E-state index contributed by atoms with van der Waals surface area (Å²) in [5.41, 5.74) is -0.146. The molecule has 2 heterocycles. The van der Waals surface area contributed by atoms with E-state index in [1.165, 1.54) is 12.1 Å². The maximum absolute atomic E-state index is 13.0. The summed E-state index contributed by atoms with van der Waals surface area (Å²) in [5.74, 6) is 1.78. The highest BCUT2D eigenvalue weighted by atomic mass is 19.3. The van der Waals surface area contributed by atoms with E-state index < -0.39 is 24.6 Å². The molecule has 0 atom stereocenters. The normalized spacial score (nSPS) is 24.2. The third-order valence-corrected chi connectivity index (χ3v) is 4.14. The van der Waals surface area contributed by atoms with E-state index in [0.717, 1.165) is 0 Å². The molecule has 3 rings (SSSR count). The van der Waals surface area contributed by atoms with Gasteiger partial charge in [0.25, 0.3) is 0 Å². The Hall–Kier alpha value is -1.60. The molecule has 0 amide bonds. The van der Waals surface area contributed by atoms with E-state index >= 15 is 0 Å². The average molecular weight is 310 g/mol. The number of hydrogen-bond donors (Lipinski definition) is 0. The van der Waals surface area contributed by atoms with Crippen molar-refractivity contribution in [3.8, 4) is 11.5 Å². The molecule has 1 aromatic carbocycles. The number of halogens is 2. The lowest BCUT2D eigenvalue weighted by Crippen LogP contribution is -2.41. The predicted molar refractivity (Wildman–Crippen MR) is 77.8 cm³/mol. The van der Waals surface area contributed by atoms with E-state index in [0.29, 0.717) is 5.56 Å². The highest BCUT2D eigenvalue weighted by molar-refractivity contribution is 6.52. The summed E-state index contributed by atoms with van der Waals surface area (Å²) in [6.45, 7) is 7.85. The van der Waals surface area contributed by atoms with E-state index in [1.54, 1.807) is 18.1 Å². The summed E-state index contributed by atoms with van der Waals surface area (Å²) in [6.07, 6.45) is -1.86. The molecule has 0 spiro atoms. The van der Waals surface area contributed by atoms with Gasteiger partial charge < -0.3 is 18.8 Å². The minimum Gasteiger partial charge on any atom is -0.400 e.